The molecule has 1 aromatic carbocycles. The Bertz CT molecular complexity index is 1010. The number of hydrogen-bond donors (Lipinski definition) is 1. The third kappa shape index (κ3) is 4.80. The lowest BCUT2D eigenvalue weighted by molar-refractivity contribution is -0.127. The van der Waals surface area contributed by atoms with Gasteiger partial charge in [-0.1, -0.05) is 11.6 Å². The Morgan fingerprint density at radius 2 is 2.14 bits per heavy atom. The fraction of sp³-hybridized carbons (Fsp3) is 0.250. The number of nitrogens with zero attached hydrogens (tertiary/aromatic N) is 2. The van der Waals surface area contributed by atoms with E-state index in [1.807, 2.05) is 6.92 Å². The number of rotatable bonds is 7. The zero-order valence-electron chi connectivity index (χ0n) is 15.5. The van der Waals surface area contributed by atoms with Crippen LogP contribution < -0.4 is 15.6 Å². The molecule has 0 spiro atoms. The Kier molecular flexibility index (Phi) is 6.16. The van der Waals surface area contributed by atoms with Gasteiger partial charge in [0.1, 0.15) is 11.4 Å². The highest BCUT2D eigenvalue weighted by Gasteiger charge is 2.15. The van der Waals surface area contributed by atoms with Gasteiger partial charge in [-0.2, -0.15) is 5.10 Å². The number of furan rings is 1. The van der Waals surface area contributed by atoms with Crippen molar-refractivity contribution >= 4 is 17.5 Å². The molecule has 0 saturated carbocycles. The molecule has 8 heteroatoms. The molecule has 0 aliphatic carbocycles. The van der Waals surface area contributed by atoms with E-state index in [1.165, 1.54) is 17.0 Å². The summed E-state index contributed by atoms with van der Waals surface area (Å²) in [5.41, 5.74) is 1.16. The van der Waals surface area contributed by atoms with Crippen molar-refractivity contribution < 1.29 is 13.9 Å². The second-order valence-electron chi connectivity index (χ2n) is 6.22. The Balaban J connectivity index is 1.55. The Labute approximate surface area is 166 Å². The van der Waals surface area contributed by atoms with Gasteiger partial charge in [0, 0.05) is 17.6 Å². The van der Waals surface area contributed by atoms with Gasteiger partial charge >= 0.3 is 0 Å². The quantitative estimate of drug-likeness (QED) is 0.657. The summed E-state index contributed by atoms with van der Waals surface area (Å²) < 4.78 is 12.2. The molecule has 0 bridgehead atoms. The van der Waals surface area contributed by atoms with Crippen LogP contribution in [0.3, 0.4) is 0 Å². The third-order valence-corrected chi connectivity index (χ3v) is 4.50. The second kappa shape index (κ2) is 8.75. The number of benzene rings is 1. The van der Waals surface area contributed by atoms with Crippen LogP contribution in [0.1, 0.15) is 12.5 Å². The van der Waals surface area contributed by atoms with E-state index in [2.05, 4.69) is 10.4 Å². The molecule has 3 aromatic rings. The lowest BCUT2D eigenvalue weighted by Crippen LogP contribution is -2.39. The number of halogens is 1. The fourth-order valence-electron chi connectivity index (χ4n) is 2.54. The molecule has 28 heavy (non-hydrogen) atoms. The highest BCUT2D eigenvalue weighted by Crippen LogP contribution is 2.21. The molecule has 0 fully saturated rings. The minimum absolute atomic E-state index is 0.228. The Hall–Kier alpha value is -3.06. The van der Waals surface area contributed by atoms with Gasteiger partial charge in [-0.3, -0.25) is 9.59 Å². The summed E-state index contributed by atoms with van der Waals surface area (Å²) in [6.45, 7) is 3.98. The average Bonchev–Trinajstić information content (AvgIpc) is 3.21. The maximum absolute atomic E-state index is 12.2. The van der Waals surface area contributed by atoms with Crippen LogP contribution in [0.2, 0.25) is 5.02 Å². The number of ether oxygens (including phenoxy) is 1. The maximum Gasteiger partial charge on any atom is 0.266 e. The zero-order chi connectivity index (χ0) is 20.1. The van der Waals surface area contributed by atoms with Crippen LogP contribution in [0, 0.1) is 6.92 Å². The van der Waals surface area contributed by atoms with Gasteiger partial charge in [0.15, 0.2) is 11.9 Å². The van der Waals surface area contributed by atoms with Crippen molar-refractivity contribution in [3.63, 3.8) is 0 Å². The molecule has 3 rings (SSSR count). The molecule has 0 saturated heterocycles. The summed E-state index contributed by atoms with van der Waals surface area (Å²) in [6.07, 6.45) is 0.843. The van der Waals surface area contributed by atoms with Crippen LogP contribution in [-0.4, -0.2) is 28.3 Å². The molecule has 1 atom stereocenters. The van der Waals surface area contributed by atoms with Crippen molar-refractivity contribution in [2.45, 2.75) is 26.5 Å². The van der Waals surface area contributed by atoms with Crippen molar-refractivity contribution in [2.24, 2.45) is 0 Å². The van der Waals surface area contributed by atoms with E-state index >= 15 is 0 Å². The van der Waals surface area contributed by atoms with Gasteiger partial charge in [0.25, 0.3) is 11.5 Å². The van der Waals surface area contributed by atoms with Crippen molar-refractivity contribution in [2.75, 3.05) is 6.54 Å². The van der Waals surface area contributed by atoms with Gasteiger partial charge in [-0.15, -0.1) is 0 Å². The Morgan fingerprint density at radius 1 is 1.32 bits per heavy atom. The van der Waals surface area contributed by atoms with Crippen LogP contribution in [-0.2, 0) is 11.3 Å². The van der Waals surface area contributed by atoms with E-state index in [4.69, 9.17) is 20.8 Å². The number of aromatic nitrogens is 2. The molecule has 0 radical (unpaired) electrons. The molecule has 1 unspecified atom stereocenters. The van der Waals surface area contributed by atoms with Crippen LogP contribution in [0.5, 0.6) is 5.75 Å². The predicted octanol–water partition coefficient (Wildman–Crippen LogP) is 3.05. The molecule has 146 valence electrons. The van der Waals surface area contributed by atoms with Gasteiger partial charge < -0.3 is 14.5 Å². The van der Waals surface area contributed by atoms with Crippen molar-refractivity contribution in [3.05, 3.63) is 69.7 Å². The van der Waals surface area contributed by atoms with Gasteiger partial charge in [-0.25, -0.2) is 4.68 Å². The van der Waals surface area contributed by atoms with Gasteiger partial charge in [0.05, 0.1) is 12.8 Å². The summed E-state index contributed by atoms with van der Waals surface area (Å²) in [5.74, 6) is 0.842. The molecular formula is C20H20ClN3O4. The summed E-state index contributed by atoms with van der Waals surface area (Å²) in [5, 5.41) is 7.64. The number of carbonyl (C=O) groups excluding carboxylic acids is 1. The molecule has 2 heterocycles. The first-order chi connectivity index (χ1) is 13.4. The van der Waals surface area contributed by atoms with Gasteiger partial charge in [-0.05, 0) is 55.8 Å². The number of nitrogens with one attached hydrogen (secondary N) is 1. The lowest BCUT2D eigenvalue weighted by atomic mass is 10.2. The first-order valence-electron chi connectivity index (χ1n) is 8.76. The van der Waals surface area contributed by atoms with Crippen molar-refractivity contribution in [1.29, 1.82) is 0 Å². The van der Waals surface area contributed by atoms with Gasteiger partial charge in [0.2, 0.25) is 0 Å². The molecule has 0 aliphatic rings. The second-order valence-corrected chi connectivity index (χ2v) is 6.63. The van der Waals surface area contributed by atoms with E-state index in [0.717, 1.165) is 5.56 Å². The molecule has 0 aliphatic heterocycles. The minimum Gasteiger partial charge on any atom is -0.481 e. The standard InChI is InChI=1S/C20H20ClN3O4/c1-13-12-15(5-6-16(13)21)28-14(2)20(26)22-9-10-24-19(25)8-7-17(23-24)18-4-3-11-27-18/h3-8,11-12,14H,9-10H2,1-2H3,(H,22,26). The fourth-order valence-corrected chi connectivity index (χ4v) is 2.66. The first-order valence-corrected chi connectivity index (χ1v) is 9.14. The summed E-state index contributed by atoms with van der Waals surface area (Å²) >= 11 is 5.99. The monoisotopic (exact) mass is 401 g/mol. The minimum atomic E-state index is -0.695. The first kappa shape index (κ1) is 19.7. The largest absolute Gasteiger partial charge is 0.481 e. The molecule has 1 N–H and O–H groups in total. The normalized spacial score (nSPS) is 11.8. The van der Waals surface area contributed by atoms with Crippen LogP contribution in [0.4, 0.5) is 0 Å². The van der Waals surface area contributed by atoms with E-state index in [0.29, 0.717) is 22.2 Å². The topological polar surface area (TPSA) is 86.4 Å². The molecule has 1 amide bonds. The SMILES string of the molecule is Cc1cc(OC(C)C(=O)NCCn2nc(-c3ccco3)ccc2=O)ccc1Cl. The van der Waals surface area contributed by atoms with E-state index in [-0.39, 0.29) is 24.6 Å². The molecule has 2 aromatic heterocycles. The zero-order valence-corrected chi connectivity index (χ0v) is 16.3. The van der Waals surface area contributed by atoms with Crippen molar-refractivity contribution in [3.8, 4) is 17.2 Å². The predicted molar refractivity (Wildman–Crippen MR) is 105 cm³/mol. The van der Waals surface area contributed by atoms with E-state index in [1.54, 1.807) is 43.3 Å². The summed E-state index contributed by atoms with van der Waals surface area (Å²) in [4.78, 5) is 24.2. The Morgan fingerprint density at radius 3 is 2.86 bits per heavy atom. The van der Waals surface area contributed by atoms with E-state index < -0.39 is 6.10 Å². The highest BCUT2D eigenvalue weighted by molar-refractivity contribution is 6.31. The number of hydrogen-bond acceptors (Lipinski definition) is 5. The summed E-state index contributed by atoms with van der Waals surface area (Å²) in [6, 6.07) is 11.7. The van der Waals surface area contributed by atoms with E-state index in [9.17, 15) is 9.59 Å². The lowest BCUT2D eigenvalue weighted by Gasteiger charge is -2.15. The highest BCUT2D eigenvalue weighted by atomic mass is 35.5. The van der Waals surface area contributed by atoms with Crippen molar-refractivity contribution in [1.82, 2.24) is 15.1 Å². The smallest absolute Gasteiger partial charge is 0.266 e. The number of carbonyl (C=O) groups is 1. The number of amides is 1. The maximum atomic E-state index is 12.2. The summed E-state index contributed by atoms with van der Waals surface area (Å²) in [7, 11) is 0. The molecular weight excluding hydrogens is 382 g/mol. The third-order valence-electron chi connectivity index (χ3n) is 4.07. The molecule has 7 nitrogen and oxygen atoms in total. The van der Waals surface area contributed by atoms with Crippen LogP contribution in [0.25, 0.3) is 11.5 Å². The van der Waals surface area contributed by atoms with Crippen LogP contribution >= 0.6 is 11.6 Å². The number of aryl methyl sites for hydroxylation is 1. The van der Waals surface area contributed by atoms with Crippen LogP contribution in [0.15, 0.2) is 57.9 Å². The average molecular weight is 402 g/mol.